The second-order valence-electron chi connectivity index (χ2n) is 5.58. The van der Waals surface area contributed by atoms with Gasteiger partial charge in [-0.2, -0.15) is 4.31 Å². The first-order chi connectivity index (χ1) is 12.8. The topological polar surface area (TPSA) is 99.0 Å². The summed E-state index contributed by atoms with van der Waals surface area (Å²) >= 11 is 11.7. The standard InChI is InChI=1S/C16H14Cl2N2O6S/c17-13-3-1-11(9-14(13)18)26-16-4-2-12(10-15(16)20(21)22)27(23,24)19-5-7-25-8-6-19/h1-4,9-10H,5-8H2. The van der Waals surface area contributed by atoms with Crippen molar-refractivity contribution in [2.45, 2.75) is 4.90 Å². The Morgan fingerprint density at radius 2 is 1.78 bits per heavy atom. The van der Waals surface area contributed by atoms with Crippen LogP contribution in [-0.2, 0) is 14.8 Å². The van der Waals surface area contributed by atoms with E-state index in [1.807, 2.05) is 0 Å². The molecule has 8 nitrogen and oxygen atoms in total. The molecular weight excluding hydrogens is 419 g/mol. The van der Waals surface area contributed by atoms with Crippen LogP contribution < -0.4 is 4.74 Å². The second kappa shape index (κ2) is 7.99. The number of nitro groups is 1. The largest absolute Gasteiger partial charge is 0.450 e. The van der Waals surface area contributed by atoms with Gasteiger partial charge in [0, 0.05) is 25.2 Å². The Hall–Kier alpha value is -1.91. The van der Waals surface area contributed by atoms with E-state index in [9.17, 15) is 18.5 Å². The predicted octanol–water partition coefficient (Wildman–Crippen LogP) is 3.71. The van der Waals surface area contributed by atoms with Crippen molar-refractivity contribution in [3.8, 4) is 11.5 Å². The molecule has 2 aromatic carbocycles. The lowest BCUT2D eigenvalue weighted by molar-refractivity contribution is -0.385. The van der Waals surface area contributed by atoms with Gasteiger partial charge in [0.2, 0.25) is 15.8 Å². The van der Waals surface area contributed by atoms with Gasteiger partial charge in [0.25, 0.3) is 0 Å². The third-order valence-electron chi connectivity index (χ3n) is 3.85. The van der Waals surface area contributed by atoms with Gasteiger partial charge in [-0.25, -0.2) is 8.42 Å². The number of rotatable bonds is 5. The molecule has 2 aromatic rings. The molecule has 1 aliphatic heterocycles. The van der Waals surface area contributed by atoms with Gasteiger partial charge in [-0.1, -0.05) is 23.2 Å². The van der Waals surface area contributed by atoms with Crippen LogP contribution in [0.15, 0.2) is 41.3 Å². The minimum atomic E-state index is -3.87. The molecule has 1 saturated heterocycles. The van der Waals surface area contributed by atoms with Gasteiger partial charge in [0.15, 0.2) is 0 Å². The normalized spacial score (nSPS) is 15.5. The zero-order chi connectivity index (χ0) is 19.6. The summed E-state index contributed by atoms with van der Waals surface area (Å²) in [5.74, 6) is 0.121. The zero-order valence-corrected chi connectivity index (χ0v) is 16.1. The Kier molecular flexibility index (Phi) is 5.87. The van der Waals surface area contributed by atoms with Gasteiger partial charge in [-0.15, -0.1) is 0 Å². The lowest BCUT2D eigenvalue weighted by atomic mass is 10.3. The molecule has 1 fully saturated rings. The van der Waals surface area contributed by atoms with Crippen molar-refractivity contribution in [2.75, 3.05) is 26.3 Å². The average Bonchev–Trinajstić information content (AvgIpc) is 2.65. The summed E-state index contributed by atoms with van der Waals surface area (Å²) < 4.78 is 37.3. The number of hydrogen-bond acceptors (Lipinski definition) is 6. The van der Waals surface area contributed by atoms with E-state index in [0.29, 0.717) is 5.02 Å². The molecule has 0 spiro atoms. The van der Waals surface area contributed by atoms with Crippen LogP contribution in [-0.4, -0.2) is 43.9 Å². The third kappa shape index (κ3) is 4.33. The molecule has 0 atom stereocenters. The fourth-order valence-corrected chi connectivity index (χ4v) is 4.21. The van der Waals surface area contributed by atoms with E-state index < -0.39 is 20.6 Å². The highest BCUT2D eigenvalue weighted by atomic mass is 35.5. The molecule has 0 radical (unpaired) electrons. The molecule has 1 aliphatic rings. The Morgan fingerprint density at radius 3 is 2.41 bits per heavy atom. The van der Waals surface area contributed by atoms with Crippen LogP contribution in [0.1, 0.15) is 0 Å². The van der Waals surface area contributed by atoms with Gasteiger partial charge in [0.1, 0.15) is 5.75 Å². The van der Waals surface area contributed by atoms with E-state index in [-0.39, 0.29) is 47.7 Å². The Balaban J connectivity index is 1.95. The summed E-state index contributed by atoms with van der Waals surface area (Å²) in [6, 6.07) is 7.89. The molecule has 0 amide bonds. The van der Waals surface area contributed by atoms with Crippen molar-refractivity contribution in [1.29, 1.82) is 0 Å². The number of benzene rings is 2. The second-order valence-corrected chi connectivity index (χ2v) is 8.33. The van der Waals surface area contributed by atoms with E-state index >= 15 is 0 Å². The highest BCUT2D eigenvalue weighted by Crippen LogP contribution is 2.36. The number of morpholine rings is 1. The first kappa shape index (κ1) is 19.8. The highest BCUT2D eigenvalue weighted by Gasteiger charge is 2.29. The van der Waals surface area contributed by atoms with Gasteiger partial charge in [-0.05, 0) is 24.3 Å². The fraction of sp³-hybridized carbons (Fsp3) is 0.250. The fourth-order valence-electron chi connectivity index (χ4n) is 2.49. The van der Waals surface area contributed by atoms with E-state index in [0.717, 1.165) is 6.07 Å². The molecule has 27 heavy (non-hydrogen) atoms. The van der Waals surface area contributed by atoms with Crippen LogP contribution in [0.5, 0.6) is 11.5 Å². The molecule has 0 aromatic heterocycles. The van der Waals surface area contributed by atoms with Crippen LogP contribution in [0, 0.1) is 10.1 Å². The number of nitro benzene ring substituents is 1. The minimum absolute atomic E-state index is 0.112. The monoisotopic (exact) mass is 432 g/mol. The lowest BCUT2D eigenvalue weighted by Crippen LogP contribution is -2.40. The molecule has 0 bridgehead atoms. The number of halogens is 2. The van der Waals surface area contributed by atoms with Crippen LogP contribution in [0.2, 0.25) is 10.0 Å². The summed E-state index contributed by atoms with van der Waals surface area (Å²) in [6.45, 7) is 0.939. The molecule has 0 unspecified atom stereocenters. The van der Waals surface area contributed by atoms with Crippen molar-refractivity contribution < 1.29 is 22.8 Å². The smallest absolute Gasteiger partial charge is 0.312 e. The van der Waals surface area contributed by atoms with Crippen LogP contribution in [0.3, 0.4) is 0 Å². The lowest BCUT2D eigenvalue weighted by Gasteiger charge is -2.26. The zero-order valence-electron chi connectivity index (χ0n) is 13.8. The van der Waals surface area contributed by atoms with Crippen molar-refractivity contribution >= 4 is 38.9 Å². The maximum atomic E-state index is 12.7. The SMILES string of the molecule is O=[N+]([O-])c1cc(S(=O)(=O)N2CCOCC2)ccc1Oc1ccc(Cl)c(Cl)c1. The molecule has 1 heterocycles. The number of ether oxygens (including phenoxy) is 2. The van der Waals surface area contributed by atoms with Crippen molar-refractivity contribution in [3.05, 3.63) is 56.6 Å². The summed E-state index contributed by atoms with van der Waals surface area (Å²) in [6.07, 6.45) is 0. The van der Waals surface area contributed by atoms with Crippen LogP contribution in [0.25, 0.3) is 0 Å². The third-order valence-corrected chi connectivity index (χ3v) is 6.49. The van der Waals surface area contributed by atoms with Crippen LogP contribution >= 0.6 is 23.2 Å². The Bertz CT molecular complexity index is 977. The molecule has 144 valence electrons. The first-order valence-corrected chi connectivity index (χ1v) is 9.98. The van der Waals surface area contributed by atoms with E-state index in [2.05, 4.69) is 0 Å². The van der Waals surface area contributed by atoms with Crippen molar-refractivity contribution in [2.24, 2.45) is 0 Å². The molecule has 3 rings (SSSR count). The average molecular weight is 433 g/mol. The van der Waals surface area contributed by atoms with Crippen molar-refractivity contribution in [3.63, 3.8) is 0 Å². The van der Waals surface area contributed by atoms with E-state index in [1.165, 1.54) is 34.6 Å². The molecular formula is C16H14Cl2N2O6S. The molecule has 0 N–H and O–H groups in total. The van der Waals surface area contributed by atoms with Gasteiger partial charge in [0.05, 0.1) is 33.1 Å². The summed E-state index contributed by atoms with van der Waals surface area (Å²) in [7, 11) is -3.87. The van der Waals surface area contributed by atoms with E-state index in [1.54, 1.807) is 0 Å². The minimum Gasteiger partial charge on any atom is -0.450 e. The van der Waals surface area contributed by atoms with Crippen LogP contribution in [0.4, 0.5) is 5.69 Å². The number of nitrogens with zero attached hydrogens (tertiary/aromatic N) is 2. The van der Waals surface area contributed by atoms with Gasteiger partial charge < -0.3 is 9.47 Å². The summed E-state index contributed by atoms with van der Waals surface area (Å²) in [5, 5.41) is 12.0. The maximum absolute atomic E-state index is 12.7. The van der Waals surface area contributed by atoms with Crippen molar-refractivity contribution in [1.82, 2.24) is 4.31 Å². The predicted molar refractivity (Wildman–Crippen MR) is 99.2 cm³/mol. The van der Waals surface area contributed by atoms with Gasteiger partial charge in [-0.3, -0.25) is 10.1 Å². The van der Waals surface area contributed by atoms with E-state index in [4.69, 9.17) is 32.7 Å². The Labute approximate surface area is 165 Å². The number of hydrogen-bond donors (Lipinski definition) is 0. The quantitative estimate of drug-likeness (QED) is 0.527. The Morgan fingerprint density at radius 1 is 1.07 bits per heavy atom. The summed E-state index contributed by atoms with van der Waals surface area (Å²) in [5.41, 5.74) is -0.476. The number of sulfonamides is 1. The highest BCUT2D eigenvalue weighted by molar-refractivity contribution is 7.89. The van der Waals surface area contributed by atoms with Gasteiger partial charge >= 0.3 is 5.69 Å². The molecule has 0 saturated carbocycles. The maximum Gasteiger partial charge on any atom is 0.312 e. The summed E-state index contributed by atoms with van der Waals surface area (Å²) in [4.78, 5) is 10.6. The molecule has 11 heteroatoms. The first-order valence-electron chi connectivity index (χ1n) is 7.78. The molecule has 0 aliphatic carbocycles.